The summed E-state index contributed by atoms with van der Waals surface area (Å²) >= 11 is 0. The van der Waals surface area contributed by atoms with E-state index in [1.54, 1.807) is 0 Å². The van der Waals surface area contributed by atoms with Gasteiger partial charge in [-0.3, -0.25) is 29.6 Å². The van der Waals surface area contributed by atoms with Crippen molar-refractivity contribution in [3.63, 3.8) is 0 Å². The highest BCUT2D eigenvalue weighted by atomic mass is 17.1. The number of nitrogens with zero attached hydrogens (tertiary/aromatic N) is 3. The second-order valence-electron chi connectivity index (χ2n) is 12.1. The van der Waals surface area contributed by atoms with Crippen LogP contribution < -0.4 is 0 Å². The van der Waals surface area contributed by atoms with E-state index in [9.17, 15) is 35.0 Å². The summed E-state index contributed by atoms with van der Waals surface area (Å²) in [4.78, 5) is 43.0. The normalized spacial score (nSPS) is 30.7. The topological polar surface area (TPSA) is 174 Å². The third-order valence-electron chi connectivity index (χ3n) is 9.20. The van der Waals surface area contributed by atoms with Crippen molar-refractivity contribution in [3.05, 3.63) is 10.1 Å². The van der Waals surface area contributed by atoms with Gasteiger partial charge in [0.1, 0.15) is 6.54 Å². The minimum Gasteiger partial charge on any atom is -0.480 e. The molecule has 5 unspecified atom stereocenters. The summed E-state index contributed by atoms with van der Waals surface area (Å²) < 4.78 is 0. The lowest BCUT2D eigenvalue weighted by atomic mass is 9.81. The predicted octanol–water partition coefficient (Wildman–Crippen LogP) is 2.39. The van der Waals surface area contributed by atoms with Crippen molar-refractivity contribution in [1.82, 2.24) is 9.80 Å². The Labute approximate surface area is 230 Å². The van der Waals surface area contributed by atoms with Gasteiger partial charge in [-0.05, 0) is 62.7 Å². The summed E-state index contributed by atoms with van der Waals surface area (Å²) in [5.74, 6) is -1.73. The van der Waals surface area contributed by atoms with Gasteiger partial charge in [-0.2, -0.15) is 5.26 Å². The molecule has 3 saturated carbocycles. The molecular formula is C27H47N3O9. The summed E-state index contributed by atoms with van der Waals surface area (Å²) in [6.45, 7) is 0.729. The third kappa shape index (κ3) is 10.2. The van der Waals surface area contributed by atoms with Crippen LogP contribution in [0.3, 0.4) is 0 Å². The van der Waals surface area contributed by atoms with Crippen LogP contribution in [0.15, 0.2) is 0 Å². The highest BCUT2D eigenvalue weighted by molar-refractivity contribution is 5.71. The number of nitro groups is 1. The number of aliphatic hydroxyl groups is 2. The monoisotopic (exact) mass is 557 g/mol. The van der Waals surface area contributed by atoms with E-state index in [1.807, 2.05) is 9.80 Å². The van der Waals surface area contributed by atoms with E-state index >= 15 is 0 Å². The molecule has 12 nitrogen and oxygen atoms in total. The molecular weight excluding hydrogens is 510 g/mol. The fraction of sp³-hybridized carbons (Fsp3) is 0.926. The fourth-order valence-corrected chi connectivity index (χ4v) is 6.98. The van der Waals surface area contributed by atoms with Crippen molar-refractivity contribution in [2.75, 3.05) is 32.7 Å². The molecule has 39 heavy (non-hydrogen) atoms. The number of aliphatic hydroxyl groups excluding tert-OH is 2. The van der Waals surface area contributed by atoms with E-state index in [2.05, 4.69) is 4.89 Å². The van der Waals surface area contributed by atoms with Crippen LogP contribution in [0.25, 0.3) is 0 Å². The molecule has 0 heterocycles. The van der Waals surface area contributed by atoms with Gasteiger partial charge in [0.2, 0.25) is 6.04 Å². The van der Waals surface area contributed by atoms with Gasteiger partial charge in [0.15, 0.2) is 0 Å². The Balaban J connectivity index is 1.82. The zero-order valence-corrected chi connectivity index (χ0v) is 22.9. The van der Waals surface area contributed by atoms with Gasteiger partial charge in [-0.1, -0.05) is 25.7 Å². The summed E-state index contributed by atoms with van der Waals surface area (Å²) in [7, 11) is 0. The number of rotatable bonds is 14. The van der Waals surface area contributed by atoms with Crippen LogP contribution in [0.1, 0.15) is 83.5 Å². The molecule has 12 heteroatoms. The molecule has 5 atom stereocenters. The van der Waals surface area contributed by atoms with Crippen molar-refractivity contribution < 1.29 is 40.0 Å². The third-order valence-corrected chi connectivity index (χ3v) is 9.20. The van der Waals surface area contributed by atoms with E-state index < -0.39 is 30.2 Å². The second-order valence-corrected chi connectivity index (χ2v) is 12.1. The lowest BCUT2D eigenvalue weighted by molar-refractivity contribution is -0.527. The van der Waals surface area contributed by atoms with Gasteiger partial charge in [-0.25, -0.2) is 4.79 Å². The molecule has 224 valence electrons. The lowest BCUT2D eigenvalue weighted by Crippen LogP contribution is -2.52. The Kier molecular flexibility index (Phi) is 12.8. The molecule has 0 spiro atoms. The Morgan fingerprint density at radius 2 is 1.44 bits per heavy atom. The minimum absolute atomic E-state index is 0.0368. The smallest absolute Gasteiger partial charge is 0.355 e. The molecule has 0 aromatic carbocycles. The fourth-order valence-electron chi connectivity index (χ4n) is 6.98. The van der Waals surface area contributed by atoms with Crippen molar-refractivity contribution in [2.45, 2.75) is 108 Å². The zero-order chi connectivity index (χ0) is 28.4. The lowest BCUT2D eigenvalue weighted by Gasteiger charge is -2.41. The van der Waals surface area contributed by atoms with Crippen LogP contribution >= 0.6 is 0 Å². The number of carbonyl (C=O) groups excluding carboxylic acids is 1. The van der Waals surface area contributed by atoms with Crippen LogP contribution in [0.5, 0.6) is 0 Å². The molecule has 3 aliphatic rings. The van der Waals surface area contributed by atoms with Crippen LogP contribution in [-0.2, 0) is 14.5 Å². The first-order valence-corrected chi connectivity index (χ1v) is 14.7. The van der Waals surface area contributed by atoms with Crippen LogP contribution in [0.2, 0.25) is 0 Å². The highest BCUT2D eigenvalue weighted by Crippen LogP contribution is 2.33. The number of hydrogen-bond acceptors (Lipinski definition) is 10. The quantitative estimate of drug-likeness (QED) is 0.140. The summed E-state index contributed by atoms with van der Waals surface area (Å²) in [5.41, 5.74) is 0. The number of hydrogen-bond donors (Lipinski definition) is 4. The molecule has 0 saturated heterocycles. The van der Waals surface area contributed by atoms with Gasteiger partial charge < -0.3 is 15.3 Å². The standard InChI is InChI=1S/C27H47N3O9/c31-24-7-3-1-5-20(24)14-28(17-26(33)34)16-23(13-19-9-11-22(12-10-19)30(36)37)29(18-27(35)39-38)15-21-6-2-4-8-25(21)32/h19-25,31-32,38H,1-18H2,(H,33,34). The van der Waals surface area contributed by atoms with Gasteiger partial charge in [0.05, 0.1) is 18.8 Å². The summed E-state index contributed by atoms with van der Waals surface area (Å²) in [6.07, 6.45) is 8.79. The Morgan fingerprint density at radius 1 is 0.872 bits per heavy atom. The molecule has 4 N–H and O–H groups in total. The maximum atomic E-state index is 12.3. The molecule has 0 aromatic rings. The average molecular weight is 558 g/mol. The first kappa shape index (κ1) is 31.7. The molecule has 0 aliphatic heterocycles. The Morgan fingerprint density at radius 3 is 1.95 bits per heavy atom. The van der Waals surface area contributed by atoms with Gasteiger partial charge in [0, 0.05) is 43.4 Å². The van der Waals surface area contributed by atoms with Gasteiger partial charge in [0.25, 0.3) is 0 Å². The molecule has 0 amide bonds. The van der Waals surface area contributed by atoms with E-state index in [4.69, 9.17) is 5.26 Å². The zero-order valence-electron chi connectivity index (χ0n) is 22.9. The van der Waals surface area contributed by atoms with Crippen LogP contribution in [0.4, 0.5) is 0 Å². The summed E-state index contributed by atoms with van der Waals surface area (Å²) in [6, 6.07) is -0.843. The van der Waals surface area contributed by atoms with E-state index in [-0.39, 0.29) is 41.8 Å². The maximum Gasteiger partial charge on any atom is 0.355 e. The maximum absolute atomic E-state index is 12.3. The second kappa shape index (κ2) is 15.8. The number of carbonyl (C=O) groups is 2. The summed E-state index contributed by atoms with van der Waals surface area (Å²) in [5, 5.41) is 51.3. The molecule has 0 radical (unpaired) electrons. The van der Waals surface area contributed by atoms with Gasteiger partial charge >= 0.3 is 11.9 Å². The minimum atomic E-state index is -0.977. The molecule has 3 fully saturated rings. The molecule has 3 aliphatic carbocycles. The average Bonchev–Trinajstić information content (AvgIpc) is 2.90. The first-order valence-electron chi connectivity index (χ1n) is 14.7. The first-order chi connectivity index (χ1) is 18.7. The molecule has 3 rings (SSSR count). The Bertz CT molecular complexity index is 792. The largest absolute Gasteiger partial charge is 0.480 e. The van der Waals surface area contributed by atoms with Crippen LogP contribution in [-0.4, -0.2) is 104 Å². The number of carboxylic acids is 1. The van der Waals surface area contributed by atoms with Crippen molar-refractivity contribution in [3.8, 4) is 0 Å². The van der Waals surface area contributed by atoms with E-state index in [0.29, 0.717) is 64.6 Å². The highest BCUT2D eigenvalue weighted by Gasteiger charge is 2.36. The molecule has 0 bridgehead atoms. The SMILES string of the molecule is O=C(O)CN(CC1CCCCC1O)CC(CC1CCC([N+](=O)[O-])CC1)N(CC(=O)OO)CC1CCCCC1O. The Hall–Kier alpha value is -1.86. The number of carboxylic acid groups (broad SMARTS) is 1. The van der Waals surface area contributed by atoms with E-state index in [1.165, 1.54) is 0 Å². The number of aliphatic carboxylic acids is 1. The predicted molar refractivity (Wildman–Crippen MR) is 141 cm³/mol. The van der Waals surface area contributed by atoms with Crippen molar-refractivity contribution >= 4 is 11.9 Å². The van der Waals surface area contributed by atoms with Crippen molar-refractivity contribution in [2.24, 2.45) is 17.8 Å². The van der Waals surface area contributed by atoms with Gasteiger partial charge in [-0.15, -0.1) is 0 Å². The van der Waals surface area contributed by atoms with Crippen LogP contribution in [0, 0.1) is 27.9 Å². The van der Waals surface area contributed by atoms with Crippen molar-refractivity contribution in [1.29, 1.82) is 0 Å². The van der Waals surface area contributed by atoms with E-state index in [0.717, 1.165) is 38.5 Å². The molecule has 0 aromatic heterocycles.